The first-order chi connectivity index (χ1) is 16.5. The highest BCUT2D eigenvalue weighted by Crippen LogP contribution is 2.35. The number of nitrogens with one attached hydrogen (secondary N) is 1. The zero-order chi connectivity index (χ0) is 25.9. The van der Waals surface area contributed by atoms with Crippen molar-refractivity contribution in [1.82, 2.24) is 10.3 Å². The first kappa shape index (κ1) is 25.9. The van der Waals surface area contributed by atoms with Crippen molar-refractivity contribution < 1.29 is 32.6 Å². The molecule has 186 valence electrons. The highest BCUT2D eigenvalue weighted by atomic mass is 19.1. The predicted molar refractivity (Wildman–Crippen MR) is 127 cm³/mol. The van der Waals surface area contributed by atoms with E-state index in [-0.39, 0.29) is 16.9 Å². The smallest absolute Gasteiger partial charge is 0.408 e. The minimum absolute atomic E-state index is 0.0191. The normalized spacial score (nSPS) is 12.2. The van der Waals surface area contributed by atoms with Crippen LogP contribution in [0.2, 0.25) is 0 Å². The van der Waals surface area contributed by atoms with Crippen LogP contribution in [0, 0.1) is 11.6 Å². The summed E-state index contributed by atoms with van der Waals surface area (Å²) in [5.74, 6) is -3.15. The monoisotopic (exact) mass is 486 g/mol. The van der Waals surface area contributed by atoms with Crippen molar-refractivity contribution in [3.8, 4) is 11.6 Å². The summed E-state index contributed by atoms with van der Waals surface area (Å²) in [4.78, 5) is 29.7. The van der Waals surface area contributed by atoms with Crippen molar-refractivity contribution in [2.45, 2.75) is 46.3 Å². The number of alkyl carbamates (subject to hydrolysis) is 1. The number of benzene rings is 2. The number of aromatic nitrogens is 1. The quantitative estimate of drug-likeness (QED) is 0.429. The maximum absolute atomic E-state index is 15.5. The van der Waals surface area contributed by atoms with E-state index < -0.39 is 40.7 Å². The van der Waals surface area contributed by atoms with Crippen LogP contribution in [-0.2, 0) is 4.74 Å². The van der Waals surface area contributed by atoms with E-state index in [1.54, 1.807) is 45.9 Å². The minimum Gasteiger partial charge on any atom is -0.493 e. The van der Waals surface area contributed by atoms with Crippen molar-refractivity contribution in [3.05, 3.63) is 64.9 Å². The molecule has 35 heavy (non-hydrogen) atoms. The van der Waals surface area contributed by atoms with Crippen LogP contribution in [-0.4, -0.2) is 36.2 Å². The van der Waals surface area contributed by atoms with E-state index in [0.29, 0.717) is 23.3 Å². The van der Waals surface area contributed by atoms with Crippen molar-refractivity contribution >= 4 is 22.6 Å². The van der Waals surface area contributed by atoms with Crippen LogP contribution in [0.15, 0.2) is 36.5 Å². The Hall–Kier alpha value is -3.75. The third-order valence-corrected chi connectivity index (χ3v) is 5.13. The highest BCUT2D eigenvalue weighted by Gasteiger charge is 2.29. The molecule has 1 aromatic heterocycles. The van der Waals surface area contributed by atoms with Gasteiger partial charge in [0.15, 0.2) is 17.3 Å². The van der Waals surface area contributed by atoms with E-state index in [1.807, 2.05) is 0 Å². The number of hydrogen-bond acceptors (Lipinski definition) is 6. The van der Waals surface area contributed by atoms with Gasteiger partial charge in [-0.05, 0) is 58.2 Å². The number of halogens is 2. The van der Waals surface area contributed by atoms with E-state index in [1.165, 1.54) is 26.3 Å². The number of rotatable bonds is 7. The van der Waals surface area contributed by atoms with Gasteiger partial charge in [0.25, 0.3) is 0 Å². The topological polar surface area (TPSA) is 86.8 Å². The third kappa shape index (κ3) is 5.50. The molecular weight excluding hydrogens is 458 g/mol. The first-order valence-corrected chi connectivity index (χ1v) is 11.1. The number of ether oxygens (including phenoxy) is 3. The van der Waals surface area contributed by atoms with E-state index in [9.17, 15) is 9.59 Å². The standard InChI is InChI=1S/C26H28F2N2O5/c1-7-34-24-17-10-8-9-16(15(17)11-12-29-24)22(31)20-19(27)13-18(23(33-6)21(20)28)14(2)30-25(32)35-26(3,4)5/h8-14H,7H2,1-6H3,(H,30,32). The third-order valence-electron chi connectivity index (χ3n) is 5.13. The summed E-state index contributed by atoms with van der Waals surface area (Å²) in [6.45, 7) is 8.76. The Morgan fingerprint density at radius 1 is 1.14 bits per heavy atom. The van der Waals surface area contributed by atoms with E-state index in [2.05, 4.69) is 10.3 Å². The fourth-order valence-electron chi connectivity index (χ4n) is 3.68. The molecule has 9 heteroatoms. The lowest BCUT2D eigenvalue weighted by molar-refractivity contribution is 0.0507. The zero-order valence-electron chi connectivity index (χ0n) is 20.5. The lowest BCUT2D eigenvalue weighted by Gasteiger charge is -2.23. The molecule has 7 nitrogen and oxygen atoms in total. The Morgan fingerprint density at radius 3 is 2.49 bits per heavy atom. The number of nitrogens with zero attached hydrogens (tertiary/aromatic N) is 1. The molecule has 0 saturated heterocycles. The number of fused-ring (bicyclic) bond motifs is 1. The van der Waals surface area contributed by atoms with Gasteiger partial charge in [-0.3, -0.25) is 4.79 Å². The number of methoxy groups -OCH3 is 1. The maximum Gasteiger partial charge on any atom is 0.408 e. The lowest BCUT2D eigenvalue weighted by Crippen LogP contribution is -2.34. The van der Waals surface area contributed by atoms with Gasteiger partial charge in [-0.15, -0.1) is 0 Å². The molecule has 0 radical (unpaired) electrons. The van der Waals surface area contributed by atoms with Gasteiger partial charge in [0, 0.05) is 22.7 Å². The van der Waals surface area contributed by atoms with Crippen LogP contribution in [0.4, 0.5) is 13.6 Å². The van der Waals surface area contributed by atoms with Gasteiger partial charge < -0.3 is 19.5 Å². The number of carbonyl (C=O) groups excluding carboxylic acids is 2. The van der Waals surface area contributed by atoms with E-state index in [4.69, 9.17) is 14.2 Å². The molecule has 1 atom stereocenters. The molecule has 0 aliphatic heterocycles. The van der Waals surface area contributed by atoms with Crippen LogP contribution in [0.5, 0.6) is 11.6 Å². The lowest BCUT2D eigenvalue weighted by atomic mass is 9.94. The number of amides is 1. The SMILES string of the molecule is CCOc1nccc2c(C(=O)c3c(F)cc(C(C)NC(=O)OC(C)(C)C)c(OC)c3F)cccc12. The molecule has 0 bridgehead atoms. The molecule has 1 N–H and O–H groups in total. The molecule has 1 unspecified atom stereocenters. The molecule has 0 aliphatic rings. The Labute approximate surface area is 202 Å². The molecule has 3 aromatic rings. The molecule has 0 aliphatic carbocycles. The van der Waals surface area contributed by atoms with Gasteiger partial charge in [0.05, 0.1) is 25.3 Å². The Bertz CT molecular complexity index is 1270. The largest absolute Gasteiger partial charge is 0.493 e. The van der Waals surface area contributed by atoms with Gasteiger partial charge >= 0.3 is 6.09 Å². The van der Waals surface area contributed by atoms with Gasteiger partial charge in [-0.25, -0.2) is 18.6 Å². The molecular formula is C26H28F2N2O5. The van der Waals surface area contributed by atoms with Crippen molar-refractivity contribution in [1.29, 1.82) is 0 Å². The number of carbonyl (C=O) groups is 2. The molecule has 1 heterocycles. The molecule has 1 amide bonds. The molecule has 0 spiro atoms. The van der Waals surface area contributed by atoms with Gasteiger partial charge in [0.1, 0.15) is 11.4 Å². The van der Waals surface area contributed by atoms with Gasteiger partial charge in [0.2, 0.25) is 5.88 Å². The molecule has 0 saturated carbocycles. The fourth-order valence-corrected chi connectivity index (χ4v) is 3.68. The summed E-state index contributed by atoms with van der Waals surface area (Å²) in [6.07, 6.45) is 0.701. The molecule has 3 rings (SSSR count). The van der Waals surface area contributed by atoms with Crippen molar-refractivity contribution in [2.24, 2.45) is 0 Å². The van der Waals surface area contributed by atoms with Gasteiger partial charge in [-0.1, -0.05) is 12.1 Å². The Balaban J connectivity index is 2.05. The van der Waals surface area contributed by atoms with Crippen LogP contribution < -0.4 is 14.8 Å². The Morgan fingerprint density at radius 2 is 1.86 bits per heavy atom. The Kier molecular flexibility index (Phi) is 7.57. The summed E-state index contributed by atoms with van der Waals surface area (Å²) in [6, 6.07) is 6.48. The van der Waals surface area contributed by atoms with Crippen molar-refractivity contribution in [3.63, 3.8) is 0 Å². The fraction of sp³-hybridized carbons (Fsp3) is 0.346. The molecule has 2 aromatic carbocycles. The summed E-state index contributed by atoms with van der Waals surface area (Å²) in [5, 5.41) is 3.51. The predicted octanol–water partition coefficient (Wildman–Crippen LogP) is 5.74. The minimum atomic E-state index is -1.17. The van der Waals surface area contributed by atoms with Crippen LogP contribution in [0.3, 0.4) is 0 Å². The number of pyridine rings is 1. The summed E-state index contributed by atoms with van der Waals surface area (Å²) in [7, 11) is 1.20. The number of ketones is 1. The van der Waals surface area contributed by atoms with Crippen LogP contribution >= 0.6 is 0 Å². The van der Waals surface area contributed by atoms with Crippen molar-refractivity contribution in [2.75, 3.05) is 13.7 Å². The van der Waals surface area contributed by atoms with Gasteiger partial charge in [-0.2, -0.15) is 0 Å². The van der Waals surface area contributed by atoms with Crippen LogP contribution in [0.1, 0.15) is 62.1 Å². The second-order valence-electron chi connectivity index (χ2n) is 8.82. The average Bonchev–Trinajstić information content (AvgIpc) is 2.77. The second kappa shape index (κ2) is 10.2. The van der Waals surface area contributed by atoms with E-state index in [0.717, 1.165) is 6.07 Å². The van der Waals surface area contributed by atoms with E-state index >= 15 is 8.78 Å². The zero-order valence-corrected chi connectivity index (χ0v) is 20.5. The first-order valence-electron chi connectivity index (χ1n) is 11.1. The summed E-state index contributed by atoms with van der Waals surface area (Å²) >= 11 is 0. The summed E-state index contributed by atoms with van der Waals surface area (Å²) in [5.41, 5.74) is -1.42. The summed E-state index contributed by atoms with van der Waals surface area (Å²) < 4.78 is 46.7. The highest BCUT2D eigenvalue weighted by molar-refractivity contribution is 6.17. The maximum atomic E-state index is 15.5. The molecule has 0 fully saturated rings. The number of hydrogen-bond donors (Lipinski definition) is 1. The average molecular weight is 487 g/mol. The second-order valence-corrected chi connectivity index (χ2v) is 8.82. The van der Waals surface area contributed by atoms with Crippen LogP contribution in [0.25, 0.3) is 10.8 Å².